The molecule has 0 heterocycles. The minimum atomic E-state index is -0.689. The molecule has 0 unspecified atom stereocenters. The molecule has 0 saturated carbocycles. The van der Waals surface area contributed by atoms with Gasteiger partial charge in [0.05, 0.1) is 6.10 Å². The number of hydrogen-bond donors (Lipinski definition) is 2. The van der Waals surface area contributed by atoms with Crippen LogP contribution in [0.4, 0.5) is 4.39 Å². The average Bonchev–Trinajstić information content (AvgIpc) is 2.03. The second kappa shape index (κ2) is 3.65. The molecule has 0 aliphatic heterocycles. The van der Waals surface area contributed by atoms with Crippen LogP contribution in [0.15, 0.2) is 18.2 Å². The molecule has 66 valence electrons. The summed E-state index contributed by atoms with van der Waals surface area (Å²) in [5.41, 5.74) is 6.69. The summed E-state index contributed by atoms with van der Waals surface area (Å²) in [5, 5.41) is 9.35. The van der Waals surface area contributed by atoms with E-state index >= 15 is 0 Å². The maximum absolute atomic E-state index is 12.6. The fourth-order valence-corrected chi connectivity index (χ4v) is 1.14. The van der Waals surface area contributed by atoms with Gasteiger partial charge in [0.15, 0.2) is 0 Å². The van der Waals surface area contributed by atoms with Crippen LogP contribution in [0.2, 0.25) is 0 Å². The first-order valence-corrected chi connectivity index (χ1v) is 3.79. The van der Waals surface area contributed by atoms with Crippen molar-refractivity contribution >= 4 is 0 Å². The number of aliphatic hydroxyl groups is 1. The van der Waals surface area contributed by atoms with Gasteiger partial charge in [-0.15, -0.1) is 0 Å². The summed E-state index contributed by atoms with van der Waals surface area (Å²) in [4.78, 5) is 0. The predicted molar refractivity (Wildman–Crippen MR) is 45.2 cm³/mol. The molecule has 2 nitrogen and oxygen atoms in total. The van der Waals surface area contributed by atoms with Crippen molar-refractivity contribution in [2.75, 3.05) is 6.54 Å². The van der Waals surface area contributed by atoms with Crippen molar-refractivity contribution in [3.63, 3.8) is 0 Å². The Labute approximate surface area is 70.8 Å². The predicted octanol–water partition coefficient (Wildman–Crippen LogP) is 1.13. The zero-order valence-electron chi connectivity index (χ0n) is 6.92. The molecule has 0 fully saturated rings. The van der Waals surface area contributed by atoms with Gasteiger partial charge in [0, 0.05) is 6.54 Å². The first kappa shape index (κ1) is 9.16. The SMILES string of the molecule is Cc1cc(F)ccc1[C@@H](O)CN. The van der Waals surface area contributed by atoms with Gasteiger partial charge in [-0.2, -0.15) is 0 Å². The fraction of sp³-hybridized carbons (Fsp3) is 0.333. The fourth-order valence-electron chi connectivity index (χ4n) is 1.14. The smallest absolute Gasteiger partial charge is 0.123 e. The molecule has 3 heteroatoms. The molecule has 0 aliphatic rings. The molecule has 3 N–H and O–H groups in total. The van der Waals surface area contributed by atoms with Crippen molar-refractivity contribution < 1.29 is 9.50 Å². The number of rotatable bonds is 2. The number of aliphatic hydroxyl groups excluding tert-OH is 1. The van der Waals surface area contributed by atoms with E-state index in [1.165, 1.54) is 12.1 Å². The van der Waals surface area contributed by atoms with Crippen LogP contribution in [0, 0.1) is 12.7 Å². The highest BCUT2D eigenvalue weighted by molar-refractivity contribution is 5.28. The lowest BCUT2D eigenvalue weighted by molar-refractivity contribution is 0.186. The van der Waals surface area contributed by atoms with Crippen LogP contribution < -0.4 is 5.73 Å². The molecule has 0 aliphatic carbocycles. The van der Waals surface area contributed by atoms with Gasteiger partial charge >= 0.3 is 0 Å². The van der Waals surface area contributed by atoms with Crippen LogP contribution >= 0.6 is 0 Å². The van der Waals surface area contributed by atoms with Gasteiger partial charge in [-0.05, 0) is 30.2 Å². The average molecular weight is 169 g/mol. The summed E-state index contributed by atoms with van der Waals surface area (Å²) in [6.07, 6.45) is -0.689. The monoisotopic (exact) mass is 169 g/mol. The highest BCUT2D eigenvalue weighted by atomic mass is 19.1. The number of halogens is 1. The van der Waals surface area contributed by atoms with E-state index < -0.39 is 6.10 Å². The summed E-state index contributed by atoms with van der Waals surface area (Å²) in [6.45, 7) is 1.91. The van der Waals surface area contributed by atoms with Gasteiger partial charge in [0.2, 0.25) is 0 Å². The van der Waals surface area contributed by atoms with Crippen LogP contribution in [0.3, 0.4) is 0 Å². The van der Waals surface area contributed by atoms with Crippen molar-refractivity contribution in [3.8, 4) is 0 Å². The first-order valence-electron chi connectivity index (χ1n) is 3.79. The molecule has 0 spiro atoms. The number of hydrogen-bond acceptors (Lipinski definition) is 2. The summed E-state index contributed by atoms with van der Waals surface area (Å²) in [5.74, 6) is -0.291. The second-order valence-corrected chi connectivity index (χ2v) is 2.75. The first-order chi connectivity index (χ1) is 5.65. The number of nitrogens with two attached hydrogens (primary N) is 1. The maximum Gasteiger partial charge on any atom is 0.123 e. The summed E-state index contributed by atoms with van der Waals surface area (Å²) < 4.78 is 12.6. The second-order valence-electron chi connectivity index (χ2n) is 2.75. The Morgan fingerprint density at radius 3 is 2.75 bits per heavy atom. The van der Waals surface area contributed by atoms with Crippen molar-refractivity contribution in [1.82, 2.24) is 0 Å². The van der Waals surface area contributed by atoms with Crippen molar-refractivity contribution in [3.05, 3.63) is 35.1 Å². The van der Waals surface area contributed by atoms with Gasteiger partial charge in [-0.25, -0.2) is 4.39 Å². The molecular weight excluding hydrogens is 157 g/mol. The third-order valence-corrected chi connectivity index (χ3v) is 1.81. The molecule has 1 atom stereocenters. The minimum absolute atomic E-state index is 0.159. The van der Waals surface area contributed by atoms with Crippen molar-refractivity contribution in [1.29, 1.82) is 0 Å². The van der Waals surface area contributed by atoms with Gasteiger partial charge in [-0.3, -0.25) is 0 Å². The van der Waals surface area contributed by atoms with Gasteiger partial charge < -0.3 is 10.8 Å². The largest absolute Gasteiger partial charge is 0.387 e. The topological polar surface area (TPSA) is 46.2 Å². The lowest BCUT2D eigenvalue weighted by Gasteiger charge is -2.10. The van der Waals surface area contributed by atoms with E-state index in [1.807, 2.05) is 0 Å². The van der Waals surface area contributed by atoms with Crippen molar-refractivity contribution in [2.45, 2.75) is 13.0 Å². The Hall–Kier alpha value is -0.930. The molecule has 1 aromatic rings. The lowest BCUT2D eigenvalue weighted by Crippen LogP contribution is -2.12. The molecule has 0 radical (unpaired) electrons. The van der Waals surface area contributed by atoms with Gasteiger partial charge in [0.1, 0.15) is 5.82 Å². The third-order valence-electron chi connectivity index (χ3n) is 1.81. The highest BCUT2D eigenvalue weighted by Crippen LogP contribution is 2.17. The van der Waals surface area contributed by atoms with E-state index in [1.54, 1.807) is 13.0 Å². The Kier molecular flexibility index (Phi) is 2.78. The normalized spacial score (nSPS) is 13.0. The molecule has 0 saturated heterocycles. The third kappa shape index (κ3) is 1.81. The summed E-state index contributed by atoms with van der Waals surface area (Å²) in [7, 11) is 0. The van der Waals surface area contributed by atoms with Crippen molar-refractivity contribution in [2.24, 2.45) is 5.73 Å². The van der Waals surface area contributed by atoms with Crippen LogP contribution in [0.5, 0.6) is 0 Å². The summed E-state index contributed by atoms with van der Waals surface area (Å²) >= 11 is 0. The molecule has 12 heavy (non-hydrogen) atoms. The van der Waals surface area contributed by atoms with Crippen LogP contribution in [-0.2, 0) is 0 Å². The number of aryl methyl sites for hydroxylation is 1. The van der Waals surface area contributed by atoms with Crippen LogP contribution in [0.1, 0.15) is 17.2 Å². The summed E-state index contributed by atoms with van der Waals surface area (Å²) in [6, 6.07) is 4.26. The Balaban J connectivity index is 3.01. The van der Waals surface area contributed by atoms with Crippen LogP contribution in [-0.4, -0.2) is 11.7 Å². The molecule has 1 rings (SSSR count). The van der Waals surface area contributed by atoms with E-state index in [0.717, 1.165) is 5.56 Å². The van der Waals surface area contributed by atoms with Gasteiger partial charge in [-0.1, -0.05) is 6.07 Å². The lowest BCUT2D eigenvalue weighted by atomic mass is 10.0. The van der Waals surface area contributed by atoms with E-state index in [4.69, 9.17) is 5.73 Å². The molecule has 0 aromatic heterocycles. The number of benzene rings is 1. The molecular formula is C9H12FNO. The zero-order valence-corrected chi connectivity index (χ0v) is 6.92. The highest BCUT2D eigenvalue weighted by Gasteiger charge is 2.07. The Morgan fingerprint density at radius 1 is 1.58 bits per heavy atom. The van der Waals surface area contributed by atoms with Gasteiger partial charge in [0.25, 0.3) is 0 Å². The molecule has 0 bridgehead atoms. The minimum Gasteiger partial charge on any atom is -0.387 e. The van der Waals surface area contributed by atoms with E-state index in [2.05, 4.69) is 0 Å². The van der Waals surface area contributed by atoms with E-state index in [9.17, 15) is 9.50 Å². The van der Waals surface area contributed by atoms with E-state index in [-0.39, 0.29) is 12.4 Å². The Bertz CT molecular complexity index is 275. The standard InChI is InChI=1S/C9H12FNO/c1-6-4-7(10)2-3-8(6)9(12)5-11/h2-4,9,12H,5,11H2,1H3/t9-/m0/s1. The molecule has 1 aromatic carbocycles. The Morgan fingerprint density at radius 2 is 2.25 bits per heavy atom. The van der Waals surface area contributed by atoms with E-state index in [0.29, 0.717) is 5.56 Å². The zero-order chi connectivity index (χ0) is 9.14. The van der Waals surface area contributed by atoms with Crippen LogP contribution in [0.25, 0.3) is 0 Å². The molecule has 0 amide bonds. The quantitative estimate of drug-likeness (QED) is 0.697. The maximum atomic E-state index is 12.6.